The molecule has 0 saturated heterocycles. The zero-order valence-electron chi connectivity index (χ0n) is 22.9. The van der Waals surface area contributed by atoms with E-state index in [1.807, 2.05) is 6.92 Å². The largest absolute Gasteiger partial charge is 0.449 e. The van der Waals surface area contributed by atoms with Crippen LogP contribution in [0.15, 0.2) is 30.3 Å². The standard InChI is InChI=1S/C26H29F6N7O3/c1-4-19-13-21(22-20(7-6-15(3)33-22)39(19)24(41)42-5-2)37(23-34-36-38(35-23)8-9-40)14-16-10-17(25(27,28)29)12-18(11-16)26(30,31)32/h6-7,10-12,19,21,40H,4-5,8-9,13-14H2,1-3H3/t19-,21+/m1/s1. The average Bonchev–Trinajstić information content (AvgIpc) is 3.38. The van der Waals surface area contributed by atoms with E-state index < -0.39 is 48.2 Å². The van der Waals surface area contributed by atoms with Gasteiger partial charge in [0.05, 0.1) is 48.3 Å². The number of amides is 1. The van der Waals surface area contributed by atoms with Crippen LogP contribution in [0.2, 0.25) is 0 Å². The molecule has 1 amide bonds. The number of benzene rings is 1. The summed E-state index contributed by atoms with van der Waals surface area (Å²) in [6.45, 7) is 4.46. The molecule has 2 atom stereocenters. The summed E-state index contributed by atoms with van der Waals surface area (Å²) in [6, 6.07) is 3.46. The quantitative estimate of drug-likeness (QED) is 0.347. The lowest BCUT2D eigenvalue weighted by molar-refractivity contribution is -0.143. The number of anilines is 2. The van der Waals surface area contributed by atoms with Gasteiger partial charge in [0.15, 0.2) is 0 Å². The second-order valence-corrected chi connectivity index (χ2v) is 9.69. The fourth-order valence-electron chi connectivity index (χ4n) is 4.92. The molecule has 0 fully saturated rings. The van der Waals surface area contributed by atoms with E-state index in [-0.39, 0.29) is 43.8 Å². The molecule has 228 valence electrons. The second kappa shape index (κ2) is 12.1. The monoisotopic (exact) mass is 601 g/mol. The first-order valence-corrected chi connectivity index (χ1v) is 13.1. The van der Waals surface area contributed by atoms with Crippen molar-refractivity contribution < 1.29 is 41.0 Å². The Balaban J connectivity index is 1.89. The molecule has 16 heteroatoms. The van der Waals surface area contributed by atoms with E-state index in [2.05, 4.69) is 20.4 Å². The molecule has 42 heavy (non-hydrogen) atoms. The minimum absolute atomic E-state index is 0.0462. The van der Waals surface area contributed by atoms with Crippen LogP contribution >= 0.6 is 0 Å². The number of aromatic nitrogens is 5. The molecule has 0 radical (unpaired) electrons. The first-order valence-electron chi connectivity index (χ1n) is 13.1. The van der Waals surface area contributed by atoms with E-state index in [9.17, 15) is 36.2 Å². The van der Waals surface area contributed by atoms with Gasteiger partial charge in [-0.2, -0.15) is 31.1 Å². The summed E-state index contributed by atoms with van der Waals surface area (Å²) in [5, 5.41) is 21.4. The van der Waals surface area contributed by atoms with Gasteiger partial charge in [-0.05, 0) is 67.8 Å². The first-order chi connectivity index (χ1) is 19.8. The van der Waals surface area contributed by atoms with Crippen molar-refractivity contribution in [2.45, 2.75) is 71.1 Å². The van der Waals surface area contributed by atoms with Crippen molar-refractivity contribution in [3.05, 3.63) is 58.4 Å². The zero-order valence-corrected chi connectivity index (χ0v) is 22.9. The fraction of sp³-hybridized carbons (Fsp3) is 0.500. The van der Waals surface area contributed by atoms with Crippen LogP contribution < -0.4 is 9.80 Å². The highest BCUT2D eigenvalue weighted by Gasteiger charge is 2.42. The van der Waals surface area contributed by atoms with Gasteiger partial charge in [0.2, 0.25) is 0 Å². The molecule has 0 spiro atoms. The van der Waals surface area contributed by atoms with Gasteiger partial charge >= 0.3 is 18.4 Å². The Hall–Kier alpha value is -3.95. The number of alkyl halides is 6. The van der Waals surface area contributed by atoms with Crippen molar-refractivity contribution in [1.29, 1.82) is 0 Å². The van der Waals surface area contributed by atoms with Crippen molar-refractivity contribution in [2.24, 2.45) is 0 Å². The molecular formula is C26H29F6N7O3. The molecule has 0 unspecified atom stereocenters. The van der Waals surface area contributed by atoms with Gasteiger partial charge in [-0.1, -0.05) is 12.0 Å². The van der Waals surface area contributed by atoms with Crippen LogP contribution in [-0.4, -0.2) is 55.6 Å². The van der Waals surface area contributed by atoms with Crippen LogP contribution in [-0.2, 0) is 30.2 Å². The van der Waals surface area contributed by atoms with Crippen molar-refractivity contribution in [3.8, 4) is 0 Å². The minimum atomic E-state index is -5.03. The van der Waals surface area contributed by atoms with Crippen LogP contribution in [0, 0.1) is 6.92 Å². The Kier molecular flexibility index (Phi) is 8.94. The van der Waals surface area contributed by atoms with Crippen LogP contribution in [0.5, 0.6) is 0 Å². The summed E-state index contributed by atoms with van der Waals surface area (Å²) in [7, 11) is 0. The maximum Gasteiger partial charge on any atom is 0.416 e. The van der Waals surface area contributed by atoms with Crippen molar-refractivity contribution in [3.63, 3.8) is 0 Å². The molecule has 1 aromatic carbocycles. The second-order valence-electron chi connectivity index (χ2n) is 9.69. The Morgan fingerprint density at radius 1 is 1.10 bits per heavy atom. The molecule has 0 bridgehead atoms. The maximum absolute atomic E-state index is 13.7. The Morgan fingerprint density at radius 3 is 2.33 bits per heavy atom. The molecule has 0 saturated carbocycles. The van der Waals surface area contributed by atoms with Crippen LogP contribution in [0.3, 0.4) is 0 Å². The number of carbonyl (C=O) groups excluding carboxylic acids is 1. The molecule has 1 aliphatic rings. The zero-order chi connectivity index (χ0) is 30.8. The lowest BCUT2D eigenvalue weighted by atomic mass is 9.91. The average molecular weight is 602 g/mol. The van der Waals surface area contributed by atoms with E-state index in [0.717, 1.165) is 4.80 Å². The maximum atomic E-state index is 13.7. The number of ether oxygens (including phenoxy) is 1. The Bertz CT molecular complexity index is 1380. The van der Waals surface area contributed by atoms with Gasteiger partial charge < -0.3 is 14.7 Å². The topological polar surface area (TPSA) is 110 Å². The highest BCUT2D eigenvalue weighted by Crippen LogP contribution is 2.43. The molecule has 1 N–H and O–H groups in total. The van der Waals surface area contributed by atoms with Gasteiger partial charge in [-0.25, -0.2) is 4.79 Å². The molecule has 0 aliphatic carbocycles. The van der Waals surface area contributed by atoms with Gasteiger partial charge in [-0.15, -0.1) is 5.10 Å². The summed E-state index contributed by atoms with van der Waals surface area (Å²) in [4.78, 5) is 21.6. The van der Waals surface area contributed by atoms with Gasteiger partial charge in [0, 0.05) is 18.3 Å². The number of rotatable bonds is 8. The van der Waals surface area contributed by atoms with Gasteiger partial charge in [0.1, 0.15) is 0 Å². The van der Waals surface area contributed by atoms with E-state index in [4.69, 9.17) is 4.74 Å². The van der Waals surface area contributed by atoms with E-state index in [1.165, 1.54) is 9.80 Å². The number of pyridine rings is 1. The highest BCUT2D eigenvalue weighted by molar-refractivity contribution is 5.90. The molecule has 3 aromatic rings. The van der Waals surface area contributed by atoms with E-state index in [0.29, 0.717) is 35.6 Å². The van der Waals surface area contributed by atoms with Crippen molar-refractivity contribution in [2.75, 3.05) is 23.0 Å². The minimum Gasteiger partial charge on any atom is -0.449 e. The van der Waals surface area contributed by atoms with Gasteiger partial charge in [-0.3, -0.25) is 9.88 Å². The number of halogens is 6. The molecule has 1 aliphatic heterocycles. The predicted molar refractivity (Wildman–Crippen MR) is 137 cm³/mol. The van der Waals surface area contributed by atoms with Crippen LogP contribution in [0.25, 0.3) is 0 Å². The third kappa shape index (κ3) is 6.58. The number of aliphatic hydroxyl groups is 1. The number of hydrogen-bond acceptors (Lipinski definition) is 8. The number of hydrogen-bond donors (Lipinski definition) is 1. The molecule has 10 nitrogen and oxygen atoms in total. The number of carbonyl (C=O) groups is 1. The van der Waals surface area contributed by atoms with E-state index >= 15 is 0 Å². The summed E-state index contributed by atoms with van der Waals surface area (Å²) < 4.78 is 87.2. The summed E-state index contributed by atoms with van der Waals surface area (Å²) in [5.74, 6) is -0.104. The van der Waals surface area contributed by atoms with Crippen molar-refractivity contribution in [1.82, 2.24) is 25.2 Å². The Labute approximate surface area is 236 Å². The predicted octanol–water partition coefficient (Wildman–Crippen LogP) is 5.30. The first kappa shape index (κ1) is 31.0. The van der Waals surface area contributed by atoms with Crippen LogP contribution in [0.1, 0.15) is 60.8 Å². The third-order valence-electron chi connectivity index (χ3n) is 6.79. The number of aliphatic hydroxyl groups excluding tert-OH is 1. The van der Waals surface area contributed by atoms with Crippen LogP contribution in [0.4, 0.5) is 42.8 Å². The SMILES string of the molecule is CCOC(=O)N1c2ccc(C)nc2[C@@H](N(Cc2cc(C(F)(F)F)cc(C(F)(F)F)c2)c2nnn(CCO)n2)C[C@H]1CC. The third-order valence-corrected chi connectivity index (χ3v) is 6.79. The lowest BCUT2D eigenvalue weighted by Gasteiger charge is -2.43. The summed E-state index contributed by atoms with van der Waals surface area (Å²) >= 11 is 0. The smallest absolute Gasteiger partial charge is 0.416 e. The number of nitrogens with zero attached hydrogens (tertiary/aromatic N) is 7. The number of tetrazole rings is 1. The Morgan fingerprint density at radius 2 is 1.76 bits per heavy atom. The fourth-order valence-corrected chi connectivity index (χ4v) is 4.92. The number of aryl methyl sites for hydroxylation is 1. The normalized spacial score (nSPS) is 17.2. The molecule has 2 aromatic heterocycles. The summed E-state index contributed by atoms with van der Waals surface area (Å²) in [6.07, 6.45) is -10.1. The van der Waals surface area contributed by atoms with E-state index in [1.54, 1.807) is 26.0 Å². The van der Waals surface area contributed by atoms with Gasteiger partial charge in [0.25, 0.3) is 5.95 Å². The number of fused-ring (bicyclic) bond motifs is 1. The highest BCUT2D eigenvalue weighted by atomic mass is 19.4. The molecule has 4 rings (SSSR count). The lowest BCUT2D eigenvalue weighted by Crippen LogP contribution is -2.48. The molecule has 3 heterocycles. The van der Waals surface area contributed by atoms with Crippen molar-refractivity contribution >= 4 is 17.7 Å². The molecular weight excluding hydrogens is 572 g/mol. The summed E-state index contributed by atoms with van der Waals surface area (Å²) in [5.41, 5.74) is -1.92.